The topological polar surface area (TPSA) is 73.9 Å². The first-order chi connectivity index (χ1) is 12.7. The number of likely N-dealkylation sites (tertiary alicyclic amines) is 1. The van der Waals surface area contributed by atoms with E-state index in [0.717, 1.165) is 47.8 Å². The number of aromatic amines is 1. The second-order valence-electron chi connectivity index (χ2n) is 6.85. The lowest BCUT2D eigenvalue weighted by Crippen LogP contribution is -2.29. The molecule has 1 fully saturated rings. The van der Waals surface area contributed by atoms with Crippen LogP contribution in [0.15, 0.2) is 30.5 Å². The first kappa shape index (κ1) is 17.2. The minimum absolute atomic E-state index is 0.0437. The van der Waals surface area contributed by atoms with Crippen LogP contribution in [0.4, 0.5) is 0 Å². The second kappa shape index (κ2) is 7.55. The predicted octanol–water partition coefficient (Wildman–Crippen LogP) is 2.80. The van der Waals surface area contributed by atoms with Gasteiger partial charge in [0.05, 0.1) is 22.2 Å². The molecule has 0 bridgehead atoms. The van der Waals surface area contributed by atoms with Gasteiger partial charge in [-0.15, -0.1) is 11.3 Å². The summed E-state index contributed by atoms with van der Waals surface area (Å²) < 4.78 is 0. The summed E-state index contributed by atoms with van der Waals surface area (Å²) in [4.78, 5) is 27.7. The molecule has 1 aromatic carbocycles. The molecule has 0 radical (unpaired) electrons. The number of imidazole rings is 1. The third kappa shape index (κ3) is 3.78. The van der Waals surface area contributed by atoms with E-state index in [0.29, 0.717) is 23.8 Å². The quantitative estimate of drug-likeness (QED) is 0.725. The largest absolute Gasteiger partial charge is 0.351 e. The fourth-order valence-electron chi connectivity index (χ4n) is 3.34. The van der Waals surface area contributed by atoms with Crippen molar-refractivity contribution in [1.29, 1.82) is 0 Å². The lowest BCUT2D eigenvalue weighted by molar-refractivity contribution is 0.0958. The number of fused-ring (bicyclic) bond motifs is 1. The van der Waals surface area contributed by atoms with Crippen molar-refractivity contribution in [3.8, 4) is 0 Å². The Morgan fingerprint density at radius 1 is 1.35 bits per heavy atom. The van der Waals surface area contributed by atoms with Crippen molar-refractivity contribution in [2.75, 3.05) is 26.7 Å². The molecular formula is C19H23N5OS. The number of nitrogens with zero attached hydrogens (tertiary/aromatic N) is 3. The average Bonchev–Trinajstić information content (AvgIpc) is 3.29. The Kier molecular flexibility index (Phi) is 4.99. The fraction of sp³-hybridized carbons (Fsp3) is 0.421. The number of piperidine rings is 1. The first-order valence-corrected chi connectivity index (χ1v) is 9.87. The summed E-state index contributed by atoms with van der Waals surface area (Å²) in [6, 6.07) is 7.94. The van der Waals surface area contributed by atoms with Crippen LogP contribution in [0.1, 0.15) is 39.3 Å². The zero-order valence-corrected chi connectivity index (χ0v) is 15.7. The minimum atomic E-state index is -0.0437. The van der Waals surface area contributed by atoms with E-state index >= 15 is 0 Å². The van der Waals surface area contributed by atoms with Gasteiger partial charge in [-0.05, 0) is 45.1 Å². The number of nitrogens with one attached hydrogen (secondary N) is 2. The van der Waals surface area contributed by atoms with E-state index < -0.39 is 0 Å². The van der Waals surface area contributed by atoms with Gasteiger partial charge in [0, 0.05) is 18.9 Å². The Morgan fingerprint density at radius 2 is 2.15 bits per heavy atom. The van der Waals surface area contributed by atoms with Gasteiger partial charge < -0.3 is 15.2 Å². The highest BCUT2D eigenvalue weighted by Crippen LogP contribution is 2.30. The summed E-state index contributed by atoms with van der Waals surface area (Å²) in [5, 5.41) is 4.08. The van der Waals surface area contributed by atoms with E-state index in [1.54, 1.807) is 6.20 Å². The minimum Gasteiger partial charge on any atom is -0.351 e. The van der Waals surface area contributed by atoms with Gasteiger partial charge in [-0.3, -0.25) is 4.79 Å². The molecule has 3 aromatic rings. The maximum absolute atomic E-state index is 12.4. The number of H-pyrrole nitrogens is 1. The Balaban J connectivity index is 1.31. The van der Waals surface area contributed by atoms with Crippen LogP contribution in [-0.2, 0) is 6.42 Å². The summed E-state index contributed by atoms with van der Waals surface area (Å²) in [7, 11) is 2.15. The van der Waals surface area contributed by atoms with Gasteiger partial charge >= 0.3 is 0 Å². The Labute approximate surface area is 156 Å². The Hall–Kier alpha value is -2.25. The van der Waals surface area contributed by atoms with E-state index in [1.807, 2.05) is 24.3 Å². The highest BCUT2D eigenvalue weighted by atomic mass is 32.1. The van der Waals surface area contributed by atoms with Crippen molar-refractivity contribution in [2.24, 2.45) is 0 Å². The van der Waals surface area contributed by atoms with Crippen LogP contribution in [0.3, 0.4) is 0 Å². The van der Waals surface area contributed by atoms with E-state index in [1.165, 1.54) is 11.3 Å². The molecule has 0 saturated carbocycles. The standard InChI is InChI=1S/C19H23N5OS/c1-24-10-7-13(8-11-24)19-21-12-16(26-19)18(25)20-9-6-17-22-14-4-2-3-5-15(14)23-17/h2-5,12-13H,6-11H2,1H3,(H,20,25)(H,22,23). The van der Waals surface area contributed by atoms with Crippen LogP contribution in [-0.4, -0.2) is 52.4 Å². The van der Waals surface area contributed by atoms with E-state index in [4.69, 9.17) is 0 Å². The molecule has 0 unspecified atom stereocenters. The molecule has 3 heterocycles. The van der Waals surface area contributed by atoms with E-state index in [9.17, 15) is 4.79 Å². The summed E-state index contributed by atoms with van der Waals surface area (Å²) in [6.07, 6.45) is 4.64. The van der Waals surface area contributed by atoms with Crippen molar-refractivity contribution in [3.63, 3.8) is 0 Å². The lowest BCUT2D eigenvalue weighted by atomic mass is 9.98. The third-order valence-corrected chi connectivity index (χ3v) is 6.06. The first-order valence-electron chi connectivity index (χ1n) is 9.05. The molecule has 1 amide bonds. The van der Waals surface area contributed by atoms with E-state index in [-0.39, 0.29) is 5.91 Å². The number of para-hydroxylation sites is 2. The number of amides is 1. The molecule has 4 rings (SSSR count). The number of rotatable bonds is 5. The van der Waals surface area contributed by atoms with Crippen molar-refractivity contribution in [3.05, 3.63) is 46.2 Å². The molecule has 2 N–H and O–H groups in total. The van der Waals surface area contributed by atoms with Gasteiger partial charge in [0.15, 0.2) is 0 Å². The second-order valence-corrected chi connectivity index (χ2v) is 7.91. The van der Waals surface area contributed by atoms with Crippen LogP contribution in [0.5, 0.6) is 0 Å². The lowest BCUT2D eigenvalue weighted by Gasteiger charge is -2.27. The Morgan fingerprint density at radius 3 is 2.96 bits per heavy atom. The molecule has 1 aliphatic heterocycles. The number of thiazole rings is 1. The van der Waals surface area contributed by atoms with Gasteiger partial charge in [-0.1, -0.05) is 12.1 Å². The van der Waals surface area contributed by atoms with Crippen LogP contribution < -0.4 is 5.32 Å². The number of hydrogen-bond donors (Lipinski definition) is 2. The number of benzene rings is 1. The highest BCUT2D eigenvalue weighted by molar-refractivity contribution is 7.13. The van der Waals surface area contributed by atoms with Crippen LogP contribution in [0, 0.1) is 0 Å². The molecule has 136 valence electrons. The summed E-state index contributed by atoms with van der Waals surface area (Å²) >= 11 is 1.53. The van der Waals surface area contributed by atoms with Crippen LogP contribution in [0.25, 0.3) is 11.0 Å². The number of carbonyl (C=O) groups excluding carboxylic acids is 1. The van der Waals surface area contributed by atoms with Gasteiger partial charge in [-0.25, -0.2) is 9.97 Å². The molecule has 1 saturated heterocycles. The van der Waals surface area contributed by atoms with Crippen LogP contribution >= 0.6 is 11.3 Å². The van der Waals surface area contributed by atoms with Gasteiger partial charge in [0.2, 0.25) is 0 Å². The summed E-state index contributed by atoms with van der Waals surface area (Å²) in [6.45, 7) is 2.76. The third-order valence-electron chi connectivity index (χ3n) is 4.90. The smallest absolute Gasteiger partial charge is 0.263 e. The fourth-order valence-corrected chi connectivity index (χ4v) is 4.35. The normalized spacial score (nSPS) is 16.2. The zero-order chi connectivity index (χ0) is 17.9. The highest BCUT2D eigenvalue weighted by Gasteiger charge is 2.22. The molecule has 0 atom stereocenters. The van der Waals surface area contributed by atoms with Crippen molar-refractivity contribution in [2.45, 2.75) is 25.2 Å². The van der Waals surface area contributed by atoms with Crippen LogP contribution in [0.2, 0.25) is 0 Å². The molecule has 1 aliphatic rings. The van der Waals surface area contributed by atoms with E-state index in [2.05, 4.69) is 32.2 Å². The monoisotopic (exact) mass is 369 g/mol. The maximum Gasteiger partial charge on any atom is 0.263 e. The van der Waals surface area contributed by atoms with Crippen molar-refractivity contribution >= 4 is 28.3 Å². The van der Waals surface area contributed by atoms with Crippen molar-refractivity contribution in [1.82, 2.24) is 25.2 Å². The Bertz CT molecular complexity index is 861. The molecule has 0 aliphatic carbocycles. The predicted molar refractivity (Wildman–Crippen MR) is 104 cm³/mol. The number of hydrogen-bond acceptors (Lipinski definition) is 5. The molecule has 6 nitrogen and oxygen atoms in total. The van der Waals surface area contributed by atoms with Gasteiger partial charge in [-0.2, -0.15) is 0 Å². The molecular weight excluding hydrogens is 346 g/mol. The zero-order valence-electron chi connectivity index (χ0n) is 14.9. The summed E-state index contributed by atoms with van der Waals surface area (Å²) in [5.74, 6) is 1.34. The summed E-state index contributed by atoms with van der Waals surface area (Å²) in [5.41, 5.74) is 1.98. The molecule has 0 spiro atoms. The molecule has 26 heavy (non-hydrogen) atoms. The molecule has 2 aromatic heterocycles. The number of carbonyl (C=O) groups is 1. The number of aromatic nitrogens is 3. The SMILES string of the molecule is CN1CCC(c2ncc(C(=O)NCCc3nc4ccccc4[nH]3)s2)CC1. The van der Waals surface area contributed by atoms with Gasteiger partial charge in [0.1, 0.15) is 10.7 Å². The average molecular weight is 369 g/mol. The van der Waals surface area contributed by atoms with Crippen molar-refractivity contribution < 1.29 is 4.79 Å². The van der Waals surface area contributed by atoms with Gasteiger partial charge in [0.25, 0.3) is 5.91 Å². The molecule has 7 heteroatoms. The maximum atomic E-state index is 12.4.